The smallest absolute Gasteiger partial charge is 0.137 e. The number of rotatable bonds is 7. The molecule has 140 valence electrons. The highest BCUT2D eigenvalue weighted by Gasteiger charge is 2.23. The number of aliphatic hydroxyl groups excluding tert-OH is 1. The molecule has 0 amide bonds. The van der Waals surface area contributed by atoms with Gasteiger partial charge in [-0.1, -0.05) is 17.7 Å². The van der Waals surface area contributed by atoms with E-state index in [1.807, 2.05) is 42.5 Å². The van der Waals surface area contributed by atoms with Crippen LogP contribution < -0.4 is 19.3 Å². The molecule has 1 fully saturated rings. The molecule has 0 unspecified atom stereocenters. The van der Waals surface area contributed by atoms with Crippen LogP contribution in [0.15, 0.2) is 48.5 Å². The summed E-state index contributed by atoms with van der Waals surface area (Å²) in [5.41, 5.74) is 1.17. The summed E-state index contributed by atoms with van der Waals surface area (Å²) in [6, 6.07) is 15.4. The molecule has 1 heterocycles. The largest absolute Gasteiger partial charge is 0.497 e. The second-order valence-electron chi connectivity index (χ2n) is 6.56. The molecule has 0 spiro atoms. The first-order chi connectivity index (χ1) is 12.6. The zero-order chi connectivity index (χ0) is 18.4. The fourth-order valence-electron chi connectivity index (χ4n) is 3.21. The molecule has 2 aromatic rings. The molecule has 0 radical (unpaired) electrons. The van der Waals surface area contributed by atoms with E-state index in [2.05, 4.69) is 11.0 Å². The van der Waals surface area contributed by atoms with Crippen LogP contribution in [0, 0.1) is 0 Å². The third-order valence-corrected chi connectivity index (χ3v) is 4.91. The fourth-order valence-corrected chi connectivity index (χ4v) is 3.40. The molecule has 1 atom stereocenters. The van der Waals surface area contributed by atoms with E-state index >= 15 is 0 Å². The van der Waals surface area contributed by atoms with Gasteiger partial charge in [0.2, 0.25) is 0 Å². The zero-order valence-electron chi connectivity index (χ0n) is 15.0. The molecule has 0 bridgehead atoms. The van der Waals surface area contributed by atoms with Crippen LogP contribution >= 0.6 is 11.6 Å². The third-order valence-electron chi connectivity index (χ3n) is 4.67. The van der Waals surface area contributed by atoms with Crippen LogP contribution in [0.25, 0.3) is 0 Å². The Bertz CT molecular complexity index is 688. The maximum absolute atomic E-state index is 10.3. The van der Waals surface area contributed by atoms with Gasteiger partial charge in [0.15, 0.2) is 0 Å². The minimum Gasteiger partial charge on any atom is -0.497 e. The SMILES string of the molecule is COc1ccc(OC[C@@H](O)C[NH+]2CCN(c3cccc(Cl)c3)CC2)cc1. The summed E-state index contributed by atoms with van der Waals surface area (Å²) in [5, 5.41) is 11.0. The number of nitrogens with one attached hydrogen (secondary N) is 1. The first-order valence-electron chi connectivity index (χ1n) is 8.93. The molecule has 1 aliphatic heterocycles. The lowest BCUT2D eigenvalue weighted by Crippen LogP contribution is -3.16. The van der Waals surface area contributed by atoms with Crippen LogP contribution in [-0.2, 0) is 0 Å². The molecule has 26 heavy (non-hydrogen) atoms. The van der Waals surface area contributed by atoms with Crippen molar-refractivity contribution in [3.8, 4) is 11.5 Å². The Kier molecular flexibility index (Phi) is 6.61. The molecule has 3 rings (SSSR count). The van der Waals surface area contributed by atoms with Crippen LogP contribution in [-0.4, -0.2) is 57.7 Å². The summed E-state index contributed by atoms with van der Waals surface area (Å²) in [6.07, 6.45) is -0.482. The van der Waals surface area contributed by atoms with Crippen molar-refractivity contribution in [2.75, 3.05) is 51.3 Å². The van der Waals surface area contributed by atoms with Crippen molar-refractivity contribution >= 4 is 17.3 Å². The number of hydrogen-bond donors (Lipinski definition) is 2. The van der Waals surface area contributed by atoms with Crippen molar-refractivity contribution < 1.29 is 19.5 Å². The molecule has 2 aromatic carbocycles. The Balaban J connectivity index is 1.40. The van der Waals surface area contributed by atoms with Gasteiger partial charge in [-0.25, -0.2) is 0 Å². The topological polar surface area (TPSA) is 46.4 Å². The summed E-state index contributed by atoms with van der Waals surface area (Å²) in [6.45, 7) is 4.90. The highest BCUT2D eigenvalue weighted by Crippen LogP contribution is 2.19. The van der Waals surface area contributed by atoms with E-state index in [-0.39, 0.29) is 0 Å². The van der Waals surface area contributed by atoms with E-state index in [0.29, 0.717) is 13.2 Å². The van der Waals surface area contributed by atoms with Crippen molar-refractivity contribution in [2.24, 2.45) is 0 Å². The van der Waals surface area contributed by atoms with Crippen molar-refractivity contribution in [3.63, 3.8) is 0 Å². The number of ether oxygens (including phenoxy) is 2. The maximum Gasteiger partial charge on any atom is 0.137 e. The average molecular weight is 378 g/mol. The Morgan fingerprint density at radius 3 is 2.46 bits per heavy atom. The van der Waals surface area contributed by atoms with Gasteiger partial charge >= 0.3 is 0 Å². The number of benzene rings is 2. The summed E-state index contributed by atoms with van der Waals surface area (Å²) in [4.78, 5) is 3.74. The van der Waals surface area contributed by atoms with Gasteiger partial charge in [0.05, 0.1) is 33.3 Å². The molecular weight excluding hydrogens is 352 g/mol. The molecule has 5 nitrogen and oxygen atoms in total. The molecule has 2 N–H and O–H groups in total. The van der Waals surface area contributed by atoms with Gasteiger partial charge in [-0.2, -0.15) is 0 Å². The first-order valence-corrected chi connectivity index (χ1v) is 9.31. The minimum atomic E-state index is -0.482. The molecule has 1 aliphatic rings. The number of nitrogens with zero attached hydrogens (tertiary/aromatic N) is 1. The number of methoxy groups -OCH3 is 1. The predicted octanol–water partition coefficient (Wildman–Crippen LogP) is 1.49. The van der Waals surface area contributed by atoms with Crippen LogP contribution in [0.3, 0.4) is 0 Å². The monoisotopic (exact) mass is 377 g/mol. The van der Waals surface area contributed by atoms with E-state index in [1.54, 1.807) is 7.11 Å². The van der Waals surface area contributed by atoms with E-state index in [0.717, 1.165) is 42.7 Å². The predicted molar refractivity (Wildman–Crippen MR) is 104 cm³/mol. The third kappa shape index (κ3) is 5.27. The number of quaternary nitrogens is 1. The van der Waals surface area contributed by atoms with Gasteiger partial charge < -0.3 is 24.4 Å². The summed E-state index contributed by atoms with van der Waals surface area (Å²) >= 11 is 6.08. The average Bonchev–Trinajstić information content (AvgIpc) is 2.67. The lowest BCUT2D eigenvalue weighted by Gasteiger charge is -2.34. The van der Waals surface area contributed by atoms with Crippen LogP contribution in [0.4, 0.5) is 5.69 Å². The molecule has 0 aliphatic carbocycles. The Labute approximate surface area is 159 Å². The molecule has 6 heteroatoms. The van der Waals surface area contributed by atoms with Crippen LogP contribution in [0.5, 0.6) is 11.5 Å². The number of anilines is 1. The standard InChI is InChI=1S/C20H25ClN2O3/c1-25-19-5-7-20(8-6-19)26-15-18(24)14-22-9-11-23(12-10-22)17-4-2-3-16(21)13-17/h2-8,13,18,24H,9-12,14-15H2,1H3/p+1/t18-/m0/s1. The second-order valence-corrected chi connectivity index (χ2v) is 7.00. The number of hydrogen-bond acceptors (Lipinski definition) is 4. The quantitative estimate of drug-likeness (QED) is 0.767. The molecule has 0 aromatic heterocycles. The summed E-state index contributed by atoms with van der Waals surface area (Å²) in [7, 11) is 1.63. The summed E-state index contributed by atoms with van der Waals surface area (Å²) < 4.78 is 10.8. The van der Waals surface area contributed by atoms with E-state index < -0.39 is 6.10 Å². The van der Waals surface area contributed by atoms with E-state index in [4.69, 9.17) is 21.1 Å². The highest BCUT2D eigenvalue weighted by molar-refractivity contribution is 6.30. The zero-order valence-corrected chi connectivity index (χ0v) is 15.8. The maximum atomic E-state index is 10.3. The highest BCUT2D eigenvalue weighted by atomic mass is 35.5. The molecular formula is C20H26ClN2O3+. The van der Waals surface area contributed by atoms with Gasteiger partial charge in [-0.05, 0) is 42.5 Å². The van der Waals surface area contributed by atoms with E-state index in [9.17, 15) is 5.11 Å². The molecule has 1 saturated heterocycles. The number of aliphatic hydroxyl groups is 1. The van der Waals surface area contributed by atoms with E-state index in [1.165, 1.54) is 10.6 Å². The van der Waals surface area contributed by atoms with Gasteiger partial charge in [0.25, 0.3) is 0 Å². The normalized spacial score (nSPS) is 16.3. The van der Waals surface area contributed by atoms with Gasteiger partial charge in [0, 0.05) is 10.7 Å². The summed E-state index contributed by atoms with van der Waals surface area (Å²) in [5.74, 6) is 1.53. The minimum absolute atomic E-state index is 0.299. The Morgan fingerprint density at radius 2 is 1.81 bits per heavy atom. The fraction of sp³-hybridized carbons (Fsp3) is 0.400. The first kappa shape index (κ1) is 18.8. The Morgan fingerprint density at radius 1 is 1.12 bits per heavy atom. The molecule has 0 saturated carbocycles. The van der Waals surface area contributed by atoms with Gasteiger partial charge in [0.1, 0.15) is 30.8 Å². The van der Waals surface area contributed by atoms with Crippen molar-refractivity contribution in [1.82, 2.24) is 0 Å². The van der Waals surface area contributed by atoms with Gasteiger partial charge in [-0.3, -0.25) is 0 Å². The lowest BCUT2D eigenvalue weighted by atomic mass is 10.2. The van der Waals surface area contributed by atoms with Gasteiger partial charge in [-0.15, -0.1) is 0 Å². The van der Waals surface area contributed by atoms with Crippen molar-refractivity contribution in [1.29, 1.82) is 0 Å². The number of halogens is 1. The van der Waals surface area contributed by atoms with Crippen LogP contribution in [0.2, 0.25) is 5.02 Å². The lowest BCUT2D eigenvalue weighted by molar-refractivity contribution is -0.903. The van der Waals surface area contributed by atoms with Crippen molar-refractivity contribution in [3.05, 3.63) is 53.6 Å². The van der Waals surface area contributed by atoms with Crippen molar-refractivity contribution in [2.45, 2.75) is 6.10 Å². The van der Waals surface area contributed by atoms with Crippen LogP contribution in [0.1, 0.15) is 0 Å². The Hall–Kier alpha value is -1.95. The second kappa shape index (κ2) is 9.12. The number of piperazine rings is 1.